The second-order valence-electron chi connectivity index (χ2n) is 6.34. The highest BCUT2D eigenvalue weighted by atomic mass is 16.5. The molecule has 1 aromatic carbocycles. The van der Waals surface area contributed by atoms with Crippen LogP contribution in [0.4, 0.5) is 0 Å². The number of hydrogen-bond acceptors (Lipinski definition) is 4. The molecule has 23 heavy (non-hydrogen) atoms. The smallest absolute Gasteiger partial charge is 0.237 e. The number of benzene rings is 1. The molecule has 5 heteroatoms. The van der Waals surface area contributed by atoms with Gasteiger partial charge in [-0.05, 0) is 51.1 Å². The van der Waals surface area contributed by atoms with Crippen molar-refractivity contribution in [3.63, 3.8) is 0 Å². The van der Waals surface area contributed by atoms with Gasteiger partial charge in [-0.15, -0.1) is 0 Å². The summed E-state index contributed by atoms with van der Waals surface area (Å²) >= 11 is 0. The normalized spacial score (nSPS) is 21.3. The third kappa shape index (κ3) is 3.96. The van der Waals surface area contributed by atoms with Gasteiger partial charge in [-0.3, -0.25) is 4.79 Å². The molecular weight excluding hydrogens is 292 g/mol. The minimum atomic E-state index is -0.0557. The van der Waals surface area contributed by atoms with Gasteiger partial charge in [0.25, 0.3) is 0 Å². The summed E-state index contributed by atoms with van der Waals surface area (Å²) in [6.07, 6.45) is 6.87. The fourth-order valence-corrected chi connectivity index (χ4v) is 3.38. The van der Waals surface area contributed by atoms with E-state index in [-0.39, 0.29) is 18.1 Å². The number of carbonyl (C=O) groups excluding carboxylic acids is 1. The Morgan fingerprint density at radius 3 is 2.78 bits per heavy atom. The van der Waals surface area contributed by atoms with Crippen LogP contribution in [-0.4, -0.2) is 31.7 Å². The lowest BCUT2D eigenvalue weighted by Crippen LogP contribution is -2.40. The molecule has 0 aromatic heterocycles. The Bertz CT molecular complexity index is 535. The maximum absolute atomic E-state index is 12.2. The first-order valence-electron chi connectivity index (χ1n) is 8.61. The van der Waals surface area contributed by atoms with E-state index in [0.717, 1.165) is 49.3 Å². The first kappa shape index (κ1) is 16.1. The highest BCUT2D eigenvalue weighted by Gasteiger charge is 2.23. The summed E-state index contributed by atoms with van der Waals surface area (Å²) in [4.78, 5) is 12.2. The molecule has 1 saturated carbocycles. The van der Waals surface area contributed by atoms with Gasteiger partial charge in [-0.1, -0.05) is 12.1 Å². The summed E-state index contributed by atoms with van der Waals surface area (Å²) in [6, 6.07) is 5.79. The quantitative estimate of drug-likeness (QED) is 0.845. The van der Waals surface area contributed by atoms with Crippen molar-refractivity contribution in [2.45, 2.75) is 57.2 Å². The van der Waals surface area contributed by atoms with E-state index in [2.05, 4.69) is 10.6 Å². The number of hydrogen-bond donors (Lipinski definition) is 2. The molecule has 1 aliphatic heterocycles. The first-order valence-corrected chi connectivity index (χ1v) is 8.61. The molecular formula is C18H26N2O3. The van der Waals surface area contributed by atoms with Crippen molar-refractivity contribution in [1.82, 2.24) is 10.6 Å². The second-order valence-corrected chi connectivity index (χ2v) is 6.34. The lowest BCUT2D eigenvalue weighted by molar-refractivity contribution is -0.122. The third-order valence-electron chi connectivity index (χ3n) is 4.70. The van der Waals surface area contributed by atoms with E-state index in [4.69, 9.17) is 9.47 Å². The van der Waals surface area contributed by atoms with E-state index >= 15 is 0 Å². The molecule has 2 fully saturated rings. The number of nitrogens with one attached hydrogen (secondary N) is 2. The van der Waals surface area contributed by atoms with Crippen LogP contribution in [0, 0.1) is 0 Å². The summed E-state index contributed by atoms with van der Waals surface area (Å²) in [5.41, 5.74) is 0.975. The van der Waals surface area contributed by atoms with Crippen molar-refractivity contribution in [3.8, 4) is 11.5 Å². The largest absolute Gasteiger partial charge is 0.493 e. The molecule has 0 radical (unpaired) electrons. The summed E-state index contributed by atoms with van der Waals surface area (Å²) in [5.74, 6) is 1.58. The van der Waals surface area contributed by atoms with Gasteiger partial charge in [0.2, 0.25) is 5.91 Å². The SMILES string of the molecule is COc1cccc(CNC(=O)C2CCCN2)c1OC1CCCC1. The van der Waals surface area contributed by atoms with Gasteiger partial charge in [-0.25, -0.2) is 0 Å². The van der Waals surface area contributed by atoms with Crippen molar-refractivity contribution in [2.75, 3.05) is 13.7 Å². The van der Waals surface area contributed by atoms with Gasteiger partial charge in [0.15, 0.2) is 11.5 Å². The zero-order valence-electron chi connectivity index (χ0n) is 13.8. The van der Waals surface area contributed by atoms with Crippen LogP contribution in [0.25, 0.3) is 0 Å². The number of rotatable bonds is 6. The van der Waals surface area contributed by atoms with Crippen LogP contribution in [0.2, 0.25) is 0 Å². The van der Waals surface area contributed by atoms with Crippen molar-refractivity contribution in [1.29, 1.82) is 0 Å². The molecule has 2 aliphatic rings. The molecule has 1 aliphatic carbocycles. The van der Waals surface area contributed by atoms with Crippen LogP contribution in [0.3, 0.4) is 0 Å². The lowest BCUT2D eigenvalue weighted by atomic mass is 10.1. The van der Waals surface area contributed by atoms with E-state index in [1.807, 2.05) is 18.2 Å². The second kappa shape index (κ2) is 7.68. The van der Waals surface area contributed by atoms with Crippen molar-refractivity contribution >= 4 is 5.91 Å². The predicted octanol–water partition coefficient (Wildman–Crippen LogP) is 2.38. The monoisotopic (exact) mass is 318 g/mol. The molecule has 5 nitrogen and oxygen atoms in total. The highest BCUT2D eigenvalue weighted by Crippen LogP contribution is 2.34. The molecule has 1 unspecified atom stereocenters. The van der Waals surface area contributed by atoms with E-state index in [0.29, 0.717) is 6.54 Å². The molecule has 0 bridgehead atoms. The summed E-state index contributed by atoms with van der Waals surface area (Å²) in [7, 11) is 1.65. The summed E-state index contributed by atoms with van der Waals surface area (Å²) in [6.45, 7) is 1.39. The first-order chi connectivity index (χ1) is 11.3. The van der Waals surface area contributed by atoms with E-state index < -0.39 is 0 Å². The molecule has 0 spiro atoms. The molecule has 126 valence electrons. The lowest BCUT2D eigenvalue weighted by Gasteiger charge is -2.20. The molecule has 1 heterocycles. The number of amides is 1. The van der Waals surface area contributed by atoms with Crippen LogP contribution in [0.1, 0.15) is 44.1 Å². The standard InChI is InChI=1S/C18H26N2O3/c1-22-16-10-4-6-13(17(16)23-14-7-2-3-8-14)12-20-18(21)15-9-5-11-19-15/h4,6,10,14-15,19H,2-3,5,7-9,11-12H2,1H3,(H,20,21). The third-order valence-corrected chi connectivity index (χ3v) is 4.70. The van der Waals surface area contributed by atoms with Crippen molar-refractivity contribution in [2.24, 2.45) is 0 Å². The summed E-state index contributed by atoms with van der Waals surface area (Å²) in [5, 5.41) is 6.24. The maximum atomic E-state index is 12.2. The summed E-state index contributed by atoms with van der Waals surface area (Å²) < 4.78 is 11.6. The molecule has 1 aromatic rings. The fourth-order valence-electron chi connectivity index (χ4n) is 3.38. The Morgan fingerprint density at radius 2 is 2.09 bits per heavy atom. The van der Waals surface area contributed by atoms with Crippen LogP contribution >= 0.6 is 0 Å². The van der Waals surface area contributed by atoms with E-state index in [1.54, 1.807) is 7.11 Å². The average Bonchev–Trinajstić information content (AvgIpc) is 3.27. The Kier molecular flexibility index (Phi) is 5.39. The molecule has 3 rings (SSSR count). The minimum Gasteiger partial charge on any atom is -0.493 e. The number of para-hydroxylation sites is 1. The molecule has 1 amide bonds. The van der Waals surface area contributed by atoms with E-state index in [1.165, 1.54) is 12.8 Å². The van der Waals surface area contributed by atoms with Crippen LogP contribution in [0.15, 0.2) is 18.2 Å². The fraction of sp³-hybridized carbons (Fsp3) is 0.611. The topological polar surface area (TPSA) is 59.6 Å². The van der Waals surface area contributed by atoms with Crippen LogP contribution < -0.4 is 20.1 Å². The van der Waals surface area contributed by atoms with Gasteiger partial charge in [0.05, 0.1) is 19.3 Å². The number of carbonyl (C=O) groups is 1. The number of methoxy groups -OCH3 is 1. The Balaban J connectivity index is 1.68. The Labute approximate surface area is 137 Å². The van der Waals surface area contributed by atoms with Gasteiger partial charge >= 0.3 is 0 Å². The zero-order valence-corrected chi connectivity index (χ0v) is 13.8. The van der Waals surface area contributed by atoms with Gasteiger partial charge in [0, 0.05) is 12.1 Å². The predicted molar refractivity (Wildman–Crippen MR) is 88.7 cm³/mol. The highest BCUT2D eigenvalue weighted by molar-refractivity contribution is 5.82. The zero-order chi connectivity index (χ0) is 16.1. The Hall–Kier alpha value is -1.75. The van der Waals surface area contributed by atoms with Crippen molar-refractivity contribution < 1.29 is 14.3 Å². The molecule has 1 atom stereocenters. The minimum absolute atomic E-state index is 0.0557. The number of ether oxygens (including phenoxy) is 2. The van der Waals surface area contributed by atoms with Gasteiger partial charge < -0.3 is 20.1 Å². The average molecular weight is 318 g/mol. The van der Waals surface area contributed by atoms with Crippen LogP contribution in [0.5, 0.6) is 11.5 Å². The van der Waals surface area contributed by atoms with Crippen LogP contribution in [-0.2, 0) is 11.3 Å². The maximum Gasteiger partial charge on any atom is 0.237 e. The Morgan fingerprint density at radius 1 is 1.26 bits per heavy atom. The van der Waals surface area contributed by atoms with E-state index in [9.17, 15) is 4.79 Å². The molecule has 1 saturated heterocycles. The molecule has 2 N–H and O–H groups in total. The van der Waals surface area contributed by atoms with Gasteiger partial charge in [-0.2, -0.15) is 0 Å². The van der Waals surface area contributed by atoms with Gasteiger partial charge in [0.1, 0.15) is 0 Å². The van der Waals surface area contributed by atoms with Crippen molar-refractivity contribution in [3.05, 3.63) is 23.8 Å².